The summed E-state index contributed by atoms with van der Waals surface area (Å²) in [7, 11) is -4.37. The van der Waals surface area contributed by atoms with Gasteiger partial charge in [-0.05, 0) is 48.4 Å². The van der Waals surface area contributed by atoms with Gasteiger partial charge >= 0.3 is 12.7 Å². The maximum absolute atomic E-state index is 13.6. The number of alkyl halides is 6. The van der Waals surface area contributed by atoms with Crippen molar-refractivity contribution in [3.63, 3.8) is 0 Å². The Morgan fingerprint density at radius 2 is 1.50 bits per heavy atom. The van der Waals surface area contributed by atoms with Gasteiger partial charge in [-0.15, -0.1) is 26.3 Å². The molecular weight excluding hydrogens is 598 g/mol. The number of piperidine rings is 1. The highest BCUT2D eigenvalue weighted by Gasteiger charge is 2.42. The van der Waals surface area contributed by atoms with Gasteiger partial charge < -0.3 is 20.1 Å². The first-order valence-corrected chi connectivity index (χ1v) is 14.1. The zero-order valence-electron chi connectivity index (χ0n) is 21.7. The summed E-state index contributed by atoms with van der Waals surface area (Å²) < 4.78 is 111. The van der Waals surface area contributed by atoms with Crippen LogP contribution in [-0.2, 0) is 26.2 Å². The molecule has 42 heavy (non-hydrogen) atoms. The molecule has 0 aliphatic carbocycles. The van der Waals surface area contributed by atoms with Crippen LogP contribution in [0.15, 0.2) is 53.4 Å². The Labute approximate surface area is 236 Å². The third-order valence-corrected chi connectivity index (χ3v) is 8.63. The van der Waals surface area contributed by atoms with Gasteiger partial charge in [-0.3, -0.25) is 14.5 Å². The molecule has 2 aliphatic heterocycles. The maximum Gasteiger partial charge on any atom is 0.573 e. The molecule has 0 saturated carbocycles. The van der Waals surface area contributed by atoms with E-state index in [0.717, 1.165) is 40.7 Å². The molecule has 2 aromatic carbocycles. The zero-order valence-corrected chi connectivity index (χ0v) is 22.6. The van der Waals surface area contributed by atoms with Gasteiger partial charge in [0.05, 0.1) is 4.90 Å². The van der Waals surface area contributed by atoms with E-state index >= 15 is 0 Å². The Hall–Kier alpha value is -3.57. The van der Waals surface area contributed by atoms with Gasteiger partial charge in [0.15, 0.2) is 0 Å². The van der Waals surface area contributed by atoms with Crippen molar-refractivity contribution in [2.45, 2.75) is 49.1 Å². The average molecular weight is 625 g/mol. The second kappa shape index (κ2) is 12.3. The standard InChI is InChI=1S/C25H26F6N4O6S/c26-24(27,28)40-18-4-1-16(2-5-18)13-33-23(37)21-15-34(17-3-10-22(36)32-14-17)11-12-35(21)42(38,39)20-8-6-19(7-9-20)41-25(29,30)31/h1-2,4-9,17,21H,3,10-15H2,(H,32,36)(H,33,37)/t17?,21-/m1/s1. The van der Waals surface area contributed by atoms with E-state index in [1.807, 2.05) is 4.90 Å². The Kier molecular flexibility index (Phi) is 9.22. The normalized spacial score (nSPS) is 21.0. The molecular formula is C25H26F6N4O6S. The van der Waals surface area contributed by atoms with Crippen molar-refractivity contribution in [3.8, 4) is 11.5 Å². The molecule has 0 bridgehead atoms. The fourth-order valence-electron chi connectivity index (χ4n) is 4.72. The van der Waals surface area contributed by atoms with Gasteiger partial charge in [0, 0.05) is 45.2 Å². The smallest absolute Gasteiger partial charge is 0.406 e. The molecule has 2 heterocycles. The van der Waals surface area contributed by atoms with Crippen molar-refractivity contribution in [1.82, 2.24) is 19.8 Å². The predicted molar refractivity (Wildman–Crippen MR) is 133 cm³/mol. The highest BCUT2D eigenvalue weighted by Crippen LogP contribution is 2.28. The molecule has 1 unspecified atom stereocenters. The second-order valence-corrected chi connectivity index (χ2v) is 11.4. The summed E-state index contributed by atoms with van der Waals surface area (Å²) in [6.07, 6.45) is -9.07. The SMILES string of the molecule is O=C1CCC(N2CCN(S(=O)(=O)c3ccc(OC(F)(F)F)cc3)[C@@H](C(=O)NCc3ccc(OC(F)(F)F)cc3)C2)CN1. The van der Waals surface area contributed by atoms with E-state index in [9.17, 15) is 44.3 Å². The molecule has 17 heteroatoms. The predicted octanol–water partition coefficient (Wildman–Crippen LogP) is 2.75. The van der Waals surface area contributed by atoms with E-state index < -0.39 is 46.2 Å². The van der Waals surface area contributed by atoms with E-state index in [2.05, 4.69) is 20.1 Å². The Balaban J connectivity index is 1.51. The zero-order chi connectivity index (χ0) is 30.7. The molecule has 2 atom stereocenters. The number of halogens is 6. The largest absolute Gasteiger partial charge is 0.573 e. The summed E-state index contributed by atoms with van der Waals surface area (Å²) in [6.45, 7) is 0.222. The van der Waals surface area contributed by atoms with Crippen molar-refractivity contribution in [3.05, 3.63) is 54.1 Å². The highest BCUT2D eigenvalue weighted by atomic mass is 32.2. The van der Waals surface area contributed by atoms with E-state index in [1.165, 1.54) is 12.1 Å². The van der Waals surface area contributed by atoms with Crippen LogP contribution in [0.2, 0.25) is 0 Å². The number of nitrogens with zero attached hydrogens (tertiary/aromatic N) is 2. The Bertz CT molecular complexity index is 1360. The van der Waals surface area contributed by atoms with Crippen molar-refractivity contribution in [2.75, 3.05) is 26.2 Å². The molecule has 2 N–H and O–H groups in total. The molecule has 2 fully saturated rings. The molecule has 4 rings (SSSR count). The van der Waals surface area contributed by atoms with Crippen LogP contribution in [0.3, 0.4) is 0 Å². The minimum absolute atomic E-state index is 0.0424. The van der Waals surface area contributed by atoms with E-state index in [1.54, 1.807) is 0 Å². The Morgan fingerprint density at radius 1 is 0.929 bits per heavy atom. The number of ether oxygens (including phenoxy) is 2. The van der Waals surface area contributed by atoms with Gasteiger partial charge in [-0.25, -0.2) is 8.42 Å². The first-order valence-electron chi connectivity index (χ1n) is 12.6. The summed E-state index contributed by atoms with van der Waals surface area (Å²) in [5.74, 6) is -1.89. The number of carbonyl (C=O) groups excluding carboxylic acids is 2. The third kappa shape index (κ3) is 8.25. The number of rotatable bonds is 8. The quantitative estimate of drug-likeness (QED) is 0.434. The third-order valence-electron chi connectivity index (χ3n) is 6.71. The second-order valence-electron chi connectivity index (χ2n) is 9.55. The molecule has 2 aliphatic rings. The van der Waals surface area contributed by atoms with Crippen LogP contribution in [0, 0.1) is 0 Å². The van der Waals surface area contributed by atoms with Gasteiger partial charge in [-0.2, -0.15) is 4.31 Å². The summed E-state index contributed by atoms with van der Waals surface area (Å²) in [5.41, 5.74) is 0.412. The highest BCUT2D eigenvalue weighted by molar-refractivity contribution is 7.89. The first-order chi connectivity index (χ1) is 19.6. The molecule has 2 amide bonds. The van der Waals surface area contributed by atoms with Crippen LogP contribution in [0.5, 0.6) is 11.5 Å². The van der Waals surface area contributed by atoms with Crippen molar-refractivity contribution >= 4 is 21.8 Å². The number of carbonyl (C=O) groups is 2. The van der Waals surface area contributed by atoms with Gasteiger partial charge in [0.25, 0.3) is 0 Å². The maximum atomic E-state index is 13.6. The number of piperazine rings is 1. The molecule has 2 saturated heterocycles. The minimum atomic E-state index is -4.97. The lowest BCUT2D eigenvalue weighted by Crippen LogP contribution is -2.63. The van der Waals surface area contributed by atoms with E-state index in [-0.39, 0.29) is 49.4 Å². The van der Waals surface area contributed by atoms with Crippen LogP contribution in [-0.4, -0.2) is 80.4 Å². The summed E-state index contributed by atoms with van der Waals surface area (Å²) in [6, 6.07) is 6.91. The van der Waals surface area contributed by atoms with Crippen LogP contribution < -0.4 is 20.1 Å². The van der Waals surface area contributed by atoms with Gasteiger partial charge in [0.2, 0.25) is 21.8 Å². The number of amides is 2. The van der Waals surface area contributed by atoms with Crippen LogP contribution in [0.1, 0.15) is 18.4 Å². The van der Waals surface area contributed by atoms with Crippen molar-refractivity contribution in [1.29, 1.82) is 0 Å². The molecule has 2 aromatic rings. The summed E-state index contributed by atoms with van der Waals surface area (Å²) in [5, 5.41) is 5.35. The lowest BCUT2D eigenvalue weighted by atomic mass is 10.0. The number of hydrogen-bond acceptors (Lipinski definition) is 7. The fraction of sp³-hybridized carbons (Fsp3) is 0.440. The van der Waals surface area contributed by atoms with Gasteiger partial charge in [-0.1, -0.05) is 12.1 Å². The van der Waals surface area contributed by atoms with Gasteiger partial charge in [0.1, 0.15) is 17.5 Å². The molecule has 0 radical (unpaired) electrons. The van der Waals surface area contributed by atoms with Crippen molar-refractivity contribution in [2.24, 2.45) is 0 Å². The fourth-order valence-corrected chi connectivity index (χ4v) is 6.29. The Morgan fingerprint density at radius 3 is 2.02 bits per heavy atom. The monoisotopic (exact) mass is 624 g/mol. The van der Waals surface area contributed by atoms with Crippen LogP contribution >= 0.6 is 0 Å². The summed E-state index contributed by atoms with van der Waals surface area (Å²) in [4.78, 5) is 26.5. The first kappa shape index (κ1) is 31.4. The van der Waals surface area contributed by atoms with Crippen molar-refractivity contribution < 1.29 is 53.8 Å². The number of nitrogens with one attached hydrogen (secondary N) is 2. The molecule has 0 spiro atoms. The molecule has 230 valence electrons. The number of sulfonamides is 1. The molecule has 0 aromatic heterocycles. The lowest BCUT2D eigenvalue weighted by molar-refractivity contribution is -0.275. The topological polar surface area (TPSA) is 117 Å². The number of benzene rings is 2. The van der Waals surface area contributed by atoms with E-state index in [4.69, 9.17) is 0 Å². The summed E-state index contributed by atoms with van der Waals surface area (Å²) >= 11 is 0. The average Bonchev–Trinajstić information content (AvgIpc) is 2.91. The van der Waals surface area contributed by atoms with Crippen LogP contribution in [0.4, 0.5) is 26.3 Å². The van der Waals surface area contributed by atoms with Crippen LogP contribution in [0.25, 0.3) is 0 Å². The lowest BCUT2D eigenvalue weighted by Gasteiger charge is -2.43. The number of hydrogen-bond donors (Lipinski definition) is 2. The minimum Gasteiger partial charge on any atom is -0.406 e. The van der Waals surface area contributed by atoms with E-state index in [0.29, 0.717) is 18.5 Å². The molecule has 10 nitrogen and oxygen atoms in total.